The Kier molecular flexibility index (Phi) is 9.24. The molecule has 0 N–H and O–H groups in total. The summed E-state index contributed by atoms with van der Waals surface area (Å²) in [7, 11) is 60.8. The number of benzene rings is 8. The van der Waals surface area contributed by atoms with E-state index in [1.165, 1.54) is 0 Å². The van der Waals surface area contributed by atoms with Gasteiger partial charge in [0.05, 0.1) is 0 Å². The Bertz CT molecular complexity index is 3030. The highest BCUT2D eigenvalue weighted by molar-refractivity contribution is 6.69. The second-order valence-corrected chi connectivity index (χ2v) is 14.1. The Balaban J connectivity index is 1.28. The fraction of sp³-hybridized carbons (Fsp3) is 0. The Hall–Kier alpha value is -5.80. The summed E-state index contributed by atoms with van der Waals surface area (Å²) in [5, 5.41) is 4.05. The maximum absolute atomic E-state index is 7.06. The first-order valence-corrected chi connectivity index (χ1v) is 18.2. The Morgan fingerprint density at radius 3 is 1.67 bits per heavy atom. The summed E-state index contributed by atoms with van der Waals surface area (Å²) < 4.78 is 6.51. The van der Waals surface area contributed by atoms with E-state index in [1.54, 1.807) is 4.90 Å². The molecule has 0 saturated carbocycles. The smallest absolute Gasteiger partial charge is 0.143 e. The molecule has 0 unspecified atom stereocenters. The highest BCUT2D eigenvalue weighted by Crippen LogP contribution is 2.41. The van der Waals surface area contributed by atoms with Crippen molar-refractivity contribution in [3.63, 3.8) is 0 Å². The van der Waals surface area contributed by atoms with Crippen LogP contribution in [0.2, 0.25) is 0 Å². The number of hydrogen-bond donors (Lipinski definition) is 0. The number of nitrogens with zero attached hydrogens (tertiary/aromatic N) is 1. The molecule has 9 aromatic rings. The first kappa shape index (κ1) is 36.8. The average Bonchev–Trinajstić information content (AvgIpc) is 3.64. The van der Waals surface area contributed by atoms with E-state index < -0.39 is 0 Å². The molecule has 0 atom stereocenters. The number of rotatable bonds is 6. The van der Waals surface area contributed by atoms with Crippen molar-refractivity contribution >= 4 is 170 Å². The zero-order valence-corrected chi connectivity index (χ0v) is 30.8. The monoisotopic (exact) mass is 703 g/mol. The van der Waals surface area contributed by atoms with Crippen molar-refractivity contribution in [2.24, 2.45) is 0 Å². The zero-order chi connectivity index (χ0) is 39.7. The van der Waals surface area contributed by atoms with E-state index in [0.29, 0.717) is 11.3 Å². The van der Waals surface area contributed by atoms with Crippen molar-refractivity contribution in [3.8, 4) is 33.4 Å². The molecule has 1 aromatic heterocycles. The number of furan rings is 1. The van der Waals surface area contributed by atoms with Gasteiger partial charge in [0.25, 0.3) is 0 Å². The lowest BCUT2D eigenvalue weighted by atomic mass is 9.61. The molecule has 2 nitrogen and oxygen atoms in total. The van der Waals surface area contributed by atoms with E-state index in [1.807, 2.05) is 103 Å². The van der Waals surface area contributed by atoms with Crippen molar-refractivity contribution in [2.45, 2.75) is 0 Å². The molecule has 1 heterocycles. The van der Waals surface area contributed by atoms with E-state index in [-0.39, 0.29) is 60.5 Å². The topological polar surface area (TPSA) is 16.4 Å². The first-order valence-electron chi connectivity index (χ1n) is 18.2. The van der Waals surface area contributed by atoms with Crippen LogP contribution in [0.4, 0.5) is 17.1 Å². The molecular formula is C46H22B9NO. The lowest BCUT2D eigenvalue weighted by molar-refractivity contribution is 0.673. The van der Waals surface area contributed by atoms with Gasteiger partial charge in [-0.15, -0.1) is 16.4 Å². The number of hydrogen-bond acceptors (Lipinski definition) is 2. The van der Waals surface area contributed by atoms with Crippen LogP contribution in [0.15, 0.2) is 138 Å². The molecule has 0 bridgehead atoms. The minimum atomic E-state index is 0.0483. The minimum absolute atomic E-state index is 0.0483. The van der Waals surface area contributed by atoms with Crippen LogP contribution in [0.5, 0.6) is 0 Å². The normalized spacial score (nSPS) is 11.4. The maximum atomic E-state index is 7.06. The van der Waals surface area contributed by atoms with Crippen LogP contribution in [-0.2, 0) is 0 Å². The van der Waals surface area contributed by atoms with Crippen LogP contribution in [0.25, 0.3) is 66.1 Å². The molecule has 0 fully saturated rings. The van der Waals surface area contributed by atoms with Gasteiger partial charge in [-0.2, -0.15) is 0 Å². The predicted molar refractivity (Wildman–Crippen MR) is 251 cm³/mol. The van der Waals surface area contributed by atoms with Crippen LogP contribution < -0.4 is 54.1 Å². The van der Waals surface area contributed by atoms with Crippen LogP contribution in [-0.4, -0.2) is 70.6 Å². The van der Waals surface area contributed by atoms with Crippen molar-refractivity contribution < 1.29 is 4.42 Å². The summed E-state index contributed by atoms with van der Waals surface area (Å²) >= 11 is 0. The van der Waals surface area contributed by atoms with Crippen molar-refractivity contribution in [1.29, 1.82) is 0 Å². The second kappa shape index (κ2) is 14.3. The van der Waals surface area contributed by atoms with E-state index in [4.69, 9.17) is 75.0 Å². The van der Waals surface area contributed by atoms with Gasteiger partial charge in [0.1, 0.15) is 81.8 Å². The molecular weight excluding hydrogens is 680 g/mol. The summed E-state index contributed by atoms with van der Waals surface area (Å²) in [6.45, 7) is 0. The molecule has 244 valence electrons. The van der Waals surface area contributed by atoms with Gasteiger partial charge in [0.2, 0.25) is 0 Å². The summed E-state index contributed by atoms with van der Waals surface area (Å²) in [5.74, 6) is 0. The van der Waals surface area contributed by atoms with Crippen molar-refractivity contribution in [3.05, 3.63) is 133 Å². The van der Waals surface area contributed by atoms with Gasteiger partial charge in [0, 0.05) is 33.2 Å². The highest BCUT2D eigenvalue weighted by atomic mass is 16.3. The van der Waals surface area contributed by atoms with Gasteiger partial charge in [0.15, 0.2) is 0 Å². The fourth-order valence-corrected chi connectivity index (χ4v) is 7.90. The SMILES string of the molecule is [B]c1c([B])c([B])c(N(c2cccc(-c3cccc4oc5c6ccccc6ccc5c34)c2)c2c([B])c([B])c(-c3cccc(-c4ccccc4)c3)c([B])c2[B])c([B])c1[B]. The molecule has 0 aliphatic carbocycles. The van der Waals surface area contributed by atoms with Crippen LogP contribution >= 0.6 is 0 Å². The third kappa shape index (κ3) is 5.93. The van der Waals surface area contributed by atoms with Gasteiger partial charge in [-0.05, 0) is 69.1 Å². The third-order valence-corrected chi connectivity index (χ3v) is 10.8. The molecule has 11 heteroatoms. The second-order valence-electron chi connectivity index (χ2n) is 14.1. The van der Waals surface area contributed by atoms with E-state index in [2.05, 4.69) is 30.3 Å². The maximum Gasteiger partial charge on any atom is 0.143 e. The molecule has 18 radical (unpaired) electrons. The molecule has 0 saturated heterocycles. The van der Waals surface area contributed by atoms with E-state index in [9.17, 15) is 0 Å². The summed E-state index contributed by atoms with van der Waals surface area (Å²) in [4.78, 5) is 1.70. The predicted octanol–water partition coefficient (Wildman–Crippen LogP) is 2.35. The van der Waals surface area contributed by atoms with Gasteiger partial charge >= 0.3 is 0 Å². The van der Waals surface area contributed by atoms with Crippen LogP contribution in [0, 0.1) is 0 Å². The van der Waals surface area contributed by atoms with Crippen molar-refractivity contribution in [1.82, 2.24) is 0 Å². The van der Waals surface area contributed by atoms with Gasteiger partial charge < -0.3 is 9.32 Å². The summed E-state index contributed by atoms with van der Waals surface area (Å²) in [5.41, 5.74) is 8.52. The van der Waals surface area contributed by atoms with Crippen LogP contribution in [0.1, 0.15) is 0 Å². The standard InChI is InChI=1S/C46H22B9NO/c47-35-33(27-14-6-12-25(21-27)23-9-2-1-3-10-23)36(48)41(53)44(40(35)52)56(45-42(54)38(50)37(49)39(51)43(45)55)28-15-7-13-26(22-28)29-17-8-18-32-34(29)31-20-19-24-11-4-5-16-30(24)46(31)57-32/h1-22H. The molecule has 8 aromatic carbocycles. The fourth-order valence-electron chi connectivity index (χ4n) is 7.90. The van der Waals surface area contributed by atoms with Crippen LogP contribution in [0.3, 0.4) is 0 Å². The Morgan fingerprint density at radius 2 is 0.947 bits per heavy atom. The summed E-state index contributed by atoms with van der Waals surface area (Å²) in [6.07, 6.45) is 0. The Morgan fingerprint density at radius 1 is 0.386 bits per heavy atom. The molecule has 0 aliphatic rings. The minimum Gasteiger partial charge on any atom is -0.455 e. The molecule has 0 aliphatic heterocycles. The Labute approximate surface area is 344 Å². The van der Waals surface area contributed by atoms with Gasteiger partial charge in [-0.3, -0.25) is 0 Å². The highest BCUT2D eigenvalue weighted by Gasteiger charge is 2.26. The molecule has 0 amide bonds. The average molecular weight is 702 g/mol. The zero-order valence-electron chi connectivity index (χ0n) is 30.8. The van der Waals surface area contributed by atoms with Crippen molar-refractivity contribution in [2.75, 3.05) is 4.90 Å². The quantitative estimate of drug-likeness (QED) is 0.248. The number of fused-ring (bicyclic) bond motifs is 5. The number of anilines is 3. The van der Waals surface area contributed by atoms with Gasteiger partial charge in [-0.25, -0.2) is 0 Å². The van der Waals surface area contributed by atoms with E-state index >= 15 is 0 Å². The lowest BCUT2D eigenvalue weighted by Gasteiger charge is -2.37. The molecule has 9 rings (SSSR count). The van der Waals surface area contributed by atoms with Gasteiger partial charge in [-0.1, -0.05) is 136 Å². The lowest BCUT2D eigenvalue weighted by Crippen LogP contribution is -2.57. The molecule has 57 heavy (non-hydrogen) atoms. The van der Waals surface area contributed by atoms with E-state index in [0.717, 1.165) is 60.5 Å². The summed E-state index contributed by atoms with van der Waals surface area (Å²) in [6, 6.07) is 43.9. The first-order chi connectivity index (χ1) is 27.5. The largest absolute Gasteiger partial charge is 0.455 e. The molecule has 0 spiro atoms. The third-order valence-electron chi connectivity index (χ3n) is 10.8.